The van der Waals surface area contributed by atoms with Gasteiger partial charge in [-0.15, -0.1) is 0 Å². The number of methoxy groups -OCH3 is 1. The van der Waals surface area contributed by atoms with Gasteiger partial charge in [-0.1, -0.05) is 0 Å². The average Bonchev–Trinajstić information content (AvgIpc) is 3.07. The number of fused-ring (bicyclic) bond motifs is 1. The van der Waals surface area contributed by atoms with Crippen molar-refractivity contribution in [3.63, 3.8) is 0 Å². The highest BCUT2D eigenvalue weighted by Crippen LogP contribution is 2.46. The monoisotopic (exact) mass is 498 g/mol. The lowest BCUT2D eigenvalue weighted by molar-refractivity contribution is -0.346. The molecule has 2 heterocycles. The number of rotatable bonds is 6. The van der Waals surface area contributed by atoms with E-state index in [1.807, 2.05) is 0 Å². The third-order valence-corrected chi connectivity index (χ3v) is 6.74. The van der Waals surface area contributed by atoms with E-state index in [1.165, 1.54) is 38.5 Å². The van der Waals surface area contributed by atoms with E-state index in [0.29, 0.717) is 0 Å². The first-order valence-corrected chi connectivity index (χ1v) is 11.2. The van der Waals surface area contributed by atoms with Crippen molar-refractivity contribution in [3.8, 4) is 11.5 Å². The van der Waals surface area contributed by atoms with E-state index in [0.717, 1.165) is 0 Å². The maximum atomic E-state index is 12.4. The molecule has 0 spiro atoms. The van der Waals surface area contributed by atoms with Gasteiger partial charge in [0.15, 0.2) is 17.8 Å². The molecule has 0 bridgehead atoms. The number of benzene rings is 1. The van der Waals surface area contributed by atoms with Gasteiger partial charge < -0.3 is 54.3 Å². The quantitative estimate of drug-likeness (QED) is 0.263. The summed E-state index contributed by atoms with van der Waals surface area (Å²) in [6.07, 6.45) is -6.69. The molecule has 1 saturated carbocycles. The van der Waals surface area contributed by atoms with Gasteiger partial charge in [-0.25, -0.2) is 4.79 Å². The van der Waals surface area contributed by atoms with Crippen LogP contribution in [-0.2, 0) is 18.9 Å². The fourth-order valence-electron chi connectivity index (χ4n) is 4.83. The van der Waals surface area contributed by atoms with Crippen molar-refractivity contribution in [1.29, 1.82) is 0 Å². The number of aliphatic hydroxyl groups is 5. The van der Waals surface area contributed by atoms with Crippen LogP contribution in [0.4, 0.5) is 0 Å². The fraction of sp³-hybridized carbons (Fsp3) is 0.609. The van der Waals surface area contributed by atoms with Crippen LogP contribution in [0.15, 0.2) is 30.5 Å². The second-order valence-corrected chi connectivity index (χ2v) is 9.20. The standard InChI is InChI=1S/C23H30O12/c1-23(30)8-13(25)11-5-6-32-21(16(11)23)35-22-19(28)18(27)17(26)15(34-22)9-33-20(29)10-3-4-12(24)14(7-10)31-2/h3-7,11,13,15-19,21-22,24-28,30H,8-9H2,1-2H3. The first-order chi connectivity index (χ1) is 16.5. The zero-order valence-corrected chi connectivity index (χ0v) is 19.1. The van der Waals surface area contributed by atoms with E-state index in [4.69, 9.17) is 23.7 Å². The Labute approximate surface area is 200 Å². The summed E-state index contributed by atoms with van der Waals surface area (Å²) in [5.41, 5.74) is -1.27. The maximum absolute atomic E-state index is 12.4. The molecule has 0 radical (unpaired) electrons. The zero-order valence-electron chi connectivity index (χ0n) is 19.1. The largest absolute Gasteiger partial charge is 0.504 e. The van der Waals surface area contributed by atoms with Gasteiger partial charge in [0.25, 0.3) is 0 Å². The van der Waals surface area contributed by atoms with E-state index in [2.05, 4.69) is 0 Å². The van der Waals surface area contributed by atoms with Crippen molar-refractivity contribution in [2.75, 3.05) is 13.7 Å². The topological polar surface area (TPSA) is 185 Å². The number of carbonyl (C=O) groups excluding carboxylic acids is 1. The van der Waals surface area contributed by atoms with Crippen molar-refractivity contribution in [2.24, 2.45) is 11.8 Å². The normalized spacial score (nSPS) is 40.6. The lowest BCUT2D eigenvalue weighted by atomic mass is 9.85. The predicted molar refractivity (Wildman–Crippen MR) is 115 cm³/mol. The lowest BCUT2D eigenvalue weighted by Gasteiger charge is -2.43. The highest BCUT2D eigenvalue weighted by Gasteiger charge is 2.56. The Morgan fingerprint density at radius 1 is 1.14 bits per heavy atom. The Hall–Kier alpha value is -2.45. The summed E-state index contributed by atoms with van der Waals surface area (Å²) < 4.78 is 27.0. The number of aliphatic hydroxyl groups excluding tert-OH is 4. The molecule has 1 aliphatic carbocycles. The molecule has 194 valence electrons. The summed E-state index contributed by atoms with van der Waals surface area (Å²) in [6, 6.07) is 3.84. The number of phenols is 1. The molecule has 35 heavy (non-hydrogen) atoms. The van der Waals surface area contributed by atoms with Crippen LogP contribution in [0.1, 0.15) is 23.7 Å². The van der Waals surface area contributed by atoms with Crippen LogP contribution in [0.25, 0.3) is 0 Å². The summed E-state index contributed by atoms with van der Waals surface area (Å²) in [4.78, 5) is 12.4. The van der Waals surface area contributed by atoms with Crippen LogP contribution >= 0.6 is 0 Å². The maximum Gasteiger partial charge on any atom is 0.338 e. The zero-order chi connectivity index (χ0) is 25.5. The number of aromatic hydroxyl groups is 1. The molecule has 12 nitrogen and oxygen atoms in total. The summed E-state index contributed by atoms with van der Waals surface area (Å²) in [6.45, 7) is 1.04. The van der Waals surface area contributed by atoms with Crippen molar-refractivity contribution in [3.05, 3.63) is 36.1 Å². The number of esters is 1. The Morgan fingerprint density at radius 2 is 1.89 bits per heavy atom. The van der Waals surface area contributed by atoms with E-state index in [9.17, 15) is 35.4 Å². The minimum Gasteiger partial charge on any atom is -0.504 e. The predicted octanol–water partition coefficient (Wildman–Crippen LogP) is -1.00. The van der Waals surface area contributed by atoms with E-state index < -0.39 is 73.1 Å². The molecule has 12 heteroatoms. The van der Waals surface area contributed by atoms with Gasteiger partial charge in [0.05, 0.1) is 36.6 Å². The number of ether oxygens (including phenoxy) is 5. The molecule has 6 N–H and O–H groups in total. The van der Waals surface area contributed by atoms with E-state index >= 15 is 0 Å². The summed E-state index contributed by atoms with van der Waals surface area (Å²) >= 11 is 0. The Bertz CT molecular complexity index is 948. The SMILES string of the molecule is COc1cc(C(=O)OCC2OC(OC3OC=CC4C(O)CC(C)(O)C34)C(O)C(O)C2O)ccc1O. The Morgan fingerprint density at radius 3 is 2.60 bits per heavy atom. The molecule has 0 aromatic heterocycles. The molecular weight excluding hydrogens is 468 g/mol. The van der Waals surface area contributed by atoms with Gasteiger partial charge in [0.2, 0.25) is 6.29 Å². The minimum atomic E-state index is -1.70. The van der Waals surface area contributed by atoms with Gasteiger partial charge in [-0.3, -0.25) is 0 Å². The summed E-state index contributed by atoms with van der Waals surface area (Å²) in [5, 5.41) is 61.8. The number of carbonyl (C=O) groups is 1. The second kappa shape index (κ2) is 9.90. The highest BCUT2D eigenvalue weighted by molar-refractivity contribution is 5.90. The first-order valence-electron chi connectivity index (χ1n) is 11.2. The molecule has 1 aromatic rings. The van der Waals surface area contributed by atoms with Crippen molar-refractivity contribution >= 4 is 5.97 Å². The second-order valence-electron chi connectivity index (χ2n) is 9.20. The third kappa shape index (κ3) is 4.96. The highest BCUT2D eigenvalue weighted by atomic mass is 16.8. The van der Waals surface area contributed by atoms with Gasteiger partial charge >= 0.3 is 5.97 Å². The summed E-state index contributed by atoms with van der Waals surface area (Å²) in [5.74, 6) is -2.06. The van der Waals surface area contributed by atoms with Crippen LogP contribution in [0.2, 0.25) is 0 Å². The molecule has 10 unspecified atom stereocenters. The first kappa shape index (κ1) is 25.6. The van der Waals surface area contributed by atoms with Crippen molar-refractivity contribution < 1.29 is 59.1 Å². The Balaban J connectivity index is 1.43. The average molecular weight is 498 g/mol. The smallest absolute Gasteiger partial charge is 0.338 e. The van der Waals surface area contributed by atoms with Crippen molar-refractivity contribution in [2.45, 2.75) is 62.0 Å². The molecule has 2 fully saturated rings. The van der Waals surface area contributed by atoms with Crippen LogP contribution in [-0.4, -0.2) is 99.0 Å². The van der Waals surface area contributed by atoms with E-state index in [1.54, 1.807) is 6.08 Å². The number of hydrogen-bond acceptors (Lipinski definition) is 12. The van der Waals surface area contributed by atoms with Crippen molar-refractivity contribution in [1.82, 2.24) is 0 Å². The lowest BCUT2D eigenvalue weighted by Crippen LogP contribution is -2.61. The third-order valence-electron chi connectivity index (χ3n) is 6.74. The summed E-state index contributed by atoms with van der Waals surface area (Å²) in [7, 11) is 1.32. The molecule has 1 saturated heterocycles. The van der Waals surface area contributed by atoms with Crippen LogP contribution in [0, 0.1) is 11.8 Å². The molecule has 0 amide bonds. The molecule has 2 aliphatic heterocycles. The van der Waals surface area contributed by atoms with Gasteiger partial charge in [0.1, 0.15) is 31.0 Å². The van der Waals surface area contributed by atoms with Crippen LogP contribution in [0.5, 0.6) is 11.5 Å². The van der Waals surface area contributed by atoms with Gasteiger partial charge in [0, 0.05) is 12.3 Å². The number of hydrogen-bond donors (Lipinski definition) is 6. The van der Waals surface area contributed by atoms with Gasteiger partial charge in [-0.05, 0) is 31.2 Å². The molecule has 3 aliphatic rings. The molecular formula is C23H30O12. The van der Waals surface area contributed by atoms with Crippen LogP contribution < -0.4 is 4.74 Å². The molecule has 1 aromatic carbocycles. The fourth-order valence-corrected chi connectivity index (χ4v) is 4.83. The van der Waals surface area contributed by atoms with Crippen LogP contribution in [0.3, 0.4) is 0 Å². The molecule has 10 atom stereocenters. The number of phenolic OH excluding ortho intramolecular Hbond substituents is 1. The van der Waals surface area contributed by atoms with Gasteiger partial charge in [-0.2, -0.15) is 0 Å². The minimum absolute atomic E-state index is 0.0631. The Kier molecular flexibility index (Phi) is 7.25. The van der Waals surface area contributed by atoms with E-state index in [-0.39, 0.29) is 23.5 Å². The molecule has 4 rings (SSSR count).